The molecule has 154 valence electrons. The molecule has 29 heavy (non-hydrogen) atoms. The molecule has 0 fully saturated rings. The third-order valence-corrected chi connectivity index (χ3v) is 6.13. The van der Waals surface area contributed by atoms with Crippen molar-refractivity contribution in [1.82, 2.24) is 5.32 Å². The van der Waals surface area contributed by atoms with E-state index in [0.717, 1.165) is 5.56 Å². The van der Waals surface area contributed by atoms with Crippen molar-refractivity contribution < 1.29 is 36.1 Å². The van der Waals surface area contributed by atoms with Crippen LogP contribution in [0.2, 0.25) is 0 Å². The minimum absolute atomic E-state index is 0.0628. The van der Waals surface area contributed by atoms with Crippen LogP contribution < -0.4 is 16.5 Å². The molecule has 0 aliphatic carbocycles. The van der Waals surface area contributed by atoms with Crippen molar-refractivity contribution in [2.24, 2.45) is 0 Å². The Morgan fingerprint density at radius 1 is 1.24 bits per heavy atom. The molecule has 0 spiro atoms. The third kappa shape index (κ3) is 4.71. The minimum atomic E-state index is -5.09. The number of fused-ring (bicyclic) bond motifs is 1. The molecule has 1 heterocycles. The predicted molar refractivity (Wildman–Crippen MR) is 98.5 cm³/mol. The van der Waals surface area contributed by atoms with Crippen LogP contribution in [0.4, 0.5) is 18.9 Å². The lowest BCUT2D eigenvalue weighted by molar-refractivity contribution is -0.173. The van der Waals surface area contributed by atoms with Gasteiger partial charge < -0.3 is 20.7 Å². The zero-order valence-corrected chi connectivity index (χ0v) is 15.7. The van der Waals surface area contributed by atoms with Gasteiger partial charge in [0.15, 0.2) is 9.84 Å². The van der Waals surface area contributed by atoms with E-state index >= 15 is 0 Å². The van der Waals surface area contributed by atoms with Crippen LogP contribution in [0.15, 0.2) is 41.3 Å². The van der Waals surface area contributed by atoms with E-state index in [-0.39, 0.29) is 22.8 Å². The molecule has 0 aromatic heterocycles. The summed E-state index contributed by atoms with van der Waals surface area (Å²) in [5.41, 5.74) is 7.27. The Bertz CT molecular complexity index is 1060. The summed E-state index contributed by atoms with van der Waals surface area (Å²) < 4.78 is 68.1. The van der Waals surface area contributed by atoms with Gasteiger partial charge in [0.1, 0.15) is 0 Å². The standard InChI is InChI=1S/C17H16BF3N2O5S/c19-17(20,21)16(24)23-7-12-6-13(22)3-4-15(12)29(26,27)9-10-1-2-11-8-28-18(25)14(11)5-10/h1-6,25H,7-9,22H2,(H,23,24). The van der Waals surface area contributed by atoms with Gasteiger partial charge in [-0.1, -0.05) is 18.2 Å². The van der Waals surface area contributed by atoms with Crippen molar-refractivity contribution in [3.63, 3.8) is 0 Å². The van der Waals surface area contributed by atoms with E-state index in [4.69, 9.17) is 10.4 Å². The van der Waals surface area contributed by atoms with Gasteiger partial charge in [-0.2, -0.15) is 13.2 Å². The van der Waals surface area contributed by atoms with Crippen LogP contribution in [0.5, 0.6) is 0 Å². The number of rotatable bonds is 5. The summed E-state index contributed by atoms with van der Waals surface area (Å²) in [6.45, 7) is -0.445. The summed E-state index contributed by atoms with van der Waals surface area (Å²) in [5.74, 6) is -2.65. The molecule has 7 nitrogen and oxygen atoms in total. The molecule has 0 unspecified atom stereocenters. The minimum Gasteiger partial charge on any atom is -0.423 e. The van der Waals surface area contributed by atoms with Crippen LogP contribution in [0.1, 0.15) is 16.7 Å². The van der Waals surface area contributed by atoms with E-state index in [1.165, 1.54) is 24.3 Å². The molecule has 4 N–H and O–H groups in total. The number of alkyl halides is 3. The normalized spacial score (nSPS) is 14.0. The number of anilines is 1. The van der Waals surface area contributed by atoms with E-state index in [9.17, 15) is 31.4 Å². The summed E-state index contributed by atoms with van der Waals surface area (Å²) >= 11 is 0. The van der Waals surface area contributed by atoms with Crippen LogP contribution in [0, 0.1) is 0 Å². The first-order chi connectivity index (χ1) is 13.5. The molecule has 1 aliphatic heterocycles. The van der Waals surface area contributed by atoms with E-state index in [1.807, 2.05) is 0 Å². The number of carbonyl (C=O) groups is 1. The second kappa shape index (κ2) is 7.69. The second-order valence-corrected chi connectivity index (χ2v) is 8.46. The highest BCUT2D eigenvalue weighted by Crippen LogP contribution is 2.24. The fourth-order valence-corrected chi connectivity index (χ4v) is 4.55. The largest absolute Gasteiger partial charge is 0.491 e. The molecule has 1 amide bonds. The van der Waals surface area contributed by atoms with E-state index in [0.29, 0.717) is 11.0 Å². The Labute approximate surface area is 164 Å². The summed E-state index contributed by atoms with van der Waals surface area (Å²) in [6.07, 6.45) is -5.09. The Morgan fingerprint density at radius 3 is 2.66 bits per heavy atom. The topological polar surface area (TPSA) is 119 Å². The number of halogens is 3. The number of sulfone groups is 1. The Hall–Kier alpha value is -2.57. The highest BCUT2D eigenvalue weighted by Gasteiger charge is 2.38. The smallest absolute Gasteiger partial charge is 0.423 e. The second-order valence-electron chi connectivity index (χ2n) is 6.50. The number of nitrogens with one attached hydrogen (secondary N) is 1. The number of amides is 1. The molecule has 0 atom stereocenters. The van der Waals surface area contributed by atoms with Gasteiger partial charge in [-0.15, -0.1) is 0 Å². The van der Waals surface area contributed by atoms with Crippen LogP contribution in [-0.4, -0.2) is 32.6 Å². The van der Waals surface area contributed by atoms with Gasteiger partial charge in [-0.25, -0.2) is 8.42 Å². The Balaban J connectivity index is 1.87. The number of nitrogens with two attached hydrogens (primary N) is 1. The van der Waals surface area contributed by atoms with Crippen LogP contribution in [0.3, 0.4) is 0 Å². The maximum absolute atomic E-state index is 12.9. The maximum Gasteiger partial charge on any atom is 0.491 e. The average Bonchev–Trinajstić information content (AvgIpc) is 2.99. The van der Waals surface area contributed by atoms with E-state index < -0.39 is 41.3 Å². The van der Waals surface area contributed by atoms with Crippen LogP contribution in [-0.2, 0) is 38.2 Å². The highest BCUT2D eigenvalue weighted by molar-refractivity contribution is 7.90. The SMILES string of the molecule is Nc1ccc(S(=O)(=O)Cc2ccc3c(c2)B(O)OC3)c(CNC(=O)C(F)(F)F)c1. The fraction of sp³-hybridized carbons (Fsp3) is 0.235. The molecular formula is C17H16BF3N2O5S. The monoisotopic (exact) mass is 428 g/mol. The highest BCUT2D eigenvalue weighted by atomic mass is 32.2. The van der Waals surface area contributed by atoms with Gasteiger partial charge in [-0.3, -0.25) is 4.79 Å². The first-order valence-electron chi connectivity index (χ1n) is 8.35. The van der Waals surface area contributed by atoms with E-state index in [2.05, 4.69) is 0 Å². The van der Waals surface area contributed by atoms with Crippen LogP contribution >= 0.6 is 0 Å². The van der Waals surface area contributed by atoms with Gasteiger partial charge in [0.2, 0.25) is 0 Å². The number of hydrogen-bond acceptors (Lipinski definition) is 6. The quantitative estimate of drug-likeness (QED) is 0.475. The molecule has 1 aliphatic rings. The molecule has 0 radical (unpaired) electrons. The lowest BCUT2D eigenvalue weighted by Gasteiger charge is -2.14. The first-order valence-corrected chi connectivity index (χ1v) is 10.00. The Kier molecular flexibility index (Phi) is 5.61. The van der Waals surface area contributed by atoms with Crippen molar-refractivity contribution >= 4 is 34.0 Å². The molecule has 2 aromatic carbocycles. The zero-order chi connectivity index (χ0) is 21.4. The molecule has 0 bridgehead atoms. The summed E-state index contributed by atoms with van der Waals surface area (Å²) in [6, 6.07) is 8.41. The van der Waals surface area contributed by atoms with Gasteiger partial charge >= 0.3 is 19.2 Å². The molecule has 12 heteroatoms. The summed E-state index contributed by atoms with van der Waals surface area (Å²) in [5, 5.41) is 11.4. The average molecular weight is 428 g/mol. The van der Waals surface area contributed by atoms with Crippen molar-refractivity contribution in [2.45, 2.75) is 30.0 Å². The number of benzene rings is 2. The van der Waals surface area contributed by atoms with Crippen molar-refractivity contribution in [3.8, 4) is 0 Å². The van der Waals surface area contributed by atoms with E-state index in [1.54, 1.807) is 17.4 Å². The maximum atomic E-state index is 12.9. The molecule has 2 aromatic rings. The summed E-state index contributed by atoms with van der Waals surface area (Å²) in [7, 11) is -5.13. The van der Waals surface area contributed by atoms with Gasteiger partial charge in [-0.05, 0) is 40.4 Å². The zero-order valence-electron chi connectivity index (χ0n) is 14.9. The number of carbonyl (C=O) groups excluding carboxylic acids is 1. The van der Waals surface area contributed by atoms with Crippen LogP contribution in [0.25, 0.3) is 0 Å². The van der Waals surface area contributed by atoms with Crippen molar-refractivity contribution in [1.29, 1.82) is 0 Å². The third-order valence-electron chi connectivity index (χ3n) is 4.35. The molecule has 0 saturated heterocycles. The number of hydrogen-bond donors (Lipinski definition) is 3. The van der Waals surface area contributed by atoms with Gasteiger partial charge in [0, 0.05) is 12.2 Å². The Morgan fingerprint density at radius 2 is 1.97 bits per heavy atom. The van der Waals surface area contributed by atoms with Gasteiger partial charge in [0.05, 0.1) is 17.3 Å². The lowest BCUT2D eigenvalue weighted by atomic mass is 9.79. The number of nitrogen functional groups attached to an aromatic ring is 1. The fourth-order valence-electron chi connectivity index (χ4n) is 2.97. The summed E-state index contributed by atoms with van der Waals surface area (Å²) in [4.78, 5) is 10.8. The van der Waals surface area contributed by atoms with Gasteiger partial charge in [0.25, 0.3) is 0 Å². The first kappa shape index (κ1) is 21.2. The molecular weight excluding hydrogens is 412 g/mol. The lowest BCUT2D eigenvalue weighted by Crippen LogP contribution is -2.36. The van der Waals surface area contributed by atoms with Crippen molar-refractivity contribution in [3.05, 3.63) is 53.1 Å². The molecule has 3 rings (SSSR count). The van der Waals surface area contributed by atoms with Crippen molar-refractivity contribution in [2.75, 3.05) is 5.73 Å². The molecule has 0 saturated carbocycles. The predicted octanol–water partition coefficient (Wildman–Crippen LogP) is 0.639.